The van der Waals surface area contributed by atoms with Gasteiger partial charge in [0, 0.05) is 76.1 Å². The number of fused-ring (bicyclic) bond motifs is 1. The minimum absolute atomic E-state index is 0.0306. The van der Waals surface area contributed by atoms with Crippen LogP contribution in [0, 0.1) is 28.9 Å². The molecular weight excluding hydrogens is 1080 g/mol. The van der Waals surface area contributed by atoms with Crippen molar-refractivity contribution in [3.63, 3.8) is 0 Å². The third-order valence-electron chi connectivity index (χ3n) is 19.9. The lowest BCUT2D eigenvalue weighted by atomic mass is 9.82. The molecule has 5 amide bonds. The number of anilines is 3. The molecule has 7 aliphatic rings. The number of piperidine rings is 2. The summed E-state index contributed by atoms with van der Waals surface area (Å²) in [6.45, 7) is 14.4. The molecule has 1 aromatic heterocycles. The van der Waals surface area contributed by atoms with Crippen LogP contribution >= 0.6 is 0 Å². The summed E-state index contributed by atoms with van der Waals surface area (Å²) in [5.41, 5.74) is 2.50. The fourth-order valence-corrected chi connectivity index (χ4v) is 14.4. The molecule has 1 spiro atoms. The average Bonchev–Trinajstić information content (AvgIpc) is 2.65. The van der Waals surface area contributed by atoms with Gasteiger partial charge in [0.1, 0.15) is 41.7 Å². The van der Waals surface area contributed by atoms with E-state index in [0.29, 0.717) is 63.5 Å². The molecule has 5 aliphatic heterocycles. The topological polar surface area (TPSA) is 203 Å². The Kier molecular flexibility index (Phi) is 20.3. The van der Waals surface area contributed by atoms with E-state index in [0.717, 1.165) is 134 Å². The first-order valence-corrected chi connectivity index (χ1v) is 31.8. The van der Waals surface area contributed by atoms with Gasteiger partial charge in [0.05, 0.1) is 36.4 Å². The Morgan fingerprint density at radius 1 is 0.847 bits per heavy atom. The summed E-state index contributed by atoms with van der Waals surface area (Å²) >= 11 is 0. The molecule has 85 heavy (non-hydrogen) atoms. The number of amides is 5. The maximum Gasteiger partial charge on any atom is 0.246 e. The van der Waals surface area contributed by atoms with E-state index in [4.69, 9.17) is 0 Å². The maximum absolute atomic E-state index is 15.8. The van der Waals surface area contributed by atoms with Crippen LogP contribution in [0.5, 0.6) is 0 Å². The highest BCUT2D eigenvalue weighted by Crippen LogP contribution is 2.36. The SMILES string of the molecule is CN[C@@H](C)C(=O)N[C@H](C(=O)N1CC(NC(=O)CN2CC[C@H](CCN(C)CCNc3cc(N4CCC5(CC4)CN(c4cc(F)c(CN6CCC(C)(C)CC6)cc4F)CC(=O)N5)ncn3)C2)C[C@H]1C(=O)N[C@H]1CCCc2ccccc21)C1CCCCC1. The molecule has 0 radical (unpaired) electrons. The second kappa shape index (κ2) is 27.8. The highest BCUT2D eigenvalue weighted by Gasteiger charge is 2.46. The molecule has 0 bridgehead atoms. The average molecular weight is 1180 g/mol. The minimum Gasteiger partial charge on any atom is -0.369 e. The van der Waals surface area contributed by atoms with Crippen LogP contribution in [0.25, 0.3) is 0 Å². The number of likely N-dealkylation sites (N-methyl/N-ethyl adjacent to an activating group) is 2. The van der Waals surface area contributed by atoms with E-state index in [2.05, 4.69) is 94.5 Å². The zero-order chi connectivity index (χ0) is 59.8. The molecule has 21 heteroatoms. The Morgan fingerprint density at radius 3 is 2.40 bits per heavy atom. The van der Waals surface area contributed by atoms with Crippen molar-refractivity contribution < 1.29 is 32.8 Å². The Bertz CT molecular complexity index is 2820. The summed E-state index contributed by atoms with van der Waals surface area (Å²) in [5.74, 6) is -0.0803. The molecular formula is C64H94F2N14O5. The van der Waals surface area contributed by atoms with Crippen LogP contribution < -0.4 is 41.7 Å². The molecule has 2 aromatic carbocycles. The number of likely N-dealkylation sites (tertiary alicyclic amines) is 3. The van der Waals surface area contributed by atoms with E-state index in [-0.39, 0.29) is 72.2 Å². The van der Waals surface area contributed by atoms with Gasteiger partial charge in [-0.2, -0.15) is 0 Å². The first kappa shape index (κ1) is 62.0. The quantitative estimate of drug-likeness (QED) is 0.0796. The van der Waals surface area contributed by atoms with E-state index in [1.54, 1.807) is 30.1 Å². The van der Waals surface area contributed by atoms with Crippen molar-refractivity contribution in [2.24, 2.45) is 17.3 Å². The van der Waals surface area contributed by atoms with Gasteiger partial charge in [-0.3, -0.25) is 33.8 Å². The summed E-state index contributed by atoms with van der Waals surface area (Å²) < 4.78 is 31.4. The van der Waals surface area contributed by atoms with Crippen LogP contribution in [0.2, 0.25) is 0 Å². The van der Waals surface area contributed by atoms with Crippen molar-refractivity contribution >= 4 is 46.9 Å². The monoisotopic (exact) mass is 1180 g/mol. The van der Waals surface area contributed by atoms with E-state index in [1.807, 2.05) is 18.2 Å². The zero-order valence-corrected chi connectivity index (χ0v) is 51.0. The van der Waals surface area contributed by atoms with Crippen LogP contribution in [0.15, 0.2) is 48.8 Å². The van der Waals surface area contributed by atoms with Gasteiger partial charge in [0.25, 0.3) is 0 Å². The summed E-state index contributed by atoms with van der Waals surface area (Å²) in [5, 5.41) is 19.3. The predicted molar refractivity (Wildman–Crippen MR) is 326 cm³/mol. The number of carbonyl (C=O) groups is 5. The normalized spacial score (nSPS) is 24.4. The number of hydrogen-bond acceptors (Lipinski definition) is 14. The molecule has 6 N–H and O–H groups in total. The lowest BCUT2D eigenvalue weighted by molar-refractivity contribution is -0.143. The summed E-state index contributed by atoms with van der Waals surface area (Å²) in [6.07, 6.45) is 14.6. The molecule has 5 saturated heterocycles. The molecule has 1 saturated carbocycles. The number of piperazine rings is 1. The summed E-state index contributed by atoms with van der Waals surface area (Å²) in [4.78, 5) is 91.0. The van der Waals surface area contributed by atoms with Crippen LogP contribution in [0.3, 0.4) is 0 Å². The van der Waals surface area contributed by atoms with Crippen LogP contribution in [0.1, 0.15) is 133 Å². The number of halogens is 2. The van der Waals surface area contributed by atoms with Gasteiger partial charge in [-0.05, 0) is 159 Å². The van der Waals surface area contributed by atoms with Gasteiger partial charge in [-0.25, -0.2) is 18.7 Å². The second-order valence-electron chi connectivity index (χ2n) is 26.7. The molecule has 6 heterocycles. The first-order valence-electron chi connectivity index (χ1n) is 31.8. The fourth-order valence-electron chi connectivity index (χ4n) is 14.4. The standard InChI is InChI=1S/C64H94F2N14O5/c1-43(67-4)60(83)73-59(46-13-7-6-8-14-46)62(85)80-38-48(33-54(80)61(84)72-52-17-11-15-45-12-9-10-16-49(45)52)71-57(81)39-77-26-19-44(36-77)18-25-75(5)31-24-68-55-35-56(70-42-69-55)78-29-22-64(23-30-78)41-79(40-58(82)74-64)53-34-50(65)47(32-51(53)66)37-76-27-20-63(2,3)21-28-76/h9-10,12,16,32,34-35,42-44,46,48,52,54,59,67H,6-8,11,13-15,17-31,33,36-41H2,1-5H3,(H,71,81)(H,72,84)(H,73,83)(H,74,82)(H,68,69,70)/t43-,44-,48?,52-,54-,59-/m0/s1. The molecule has 6 atom stereocenters. The van der Waals surface area contributed by atoms with Gasteiger partial charge in [0.2, 0.25) is 29.5 Å². The van der Waals surface area contributed by atoms with Gasteiger partial charge in [-0.15, -0.1) is 0 Å². The Morgan fingerprint density at radius 2 is 1.62 bits per heavy atom. The largest absolute Gasteiger partial charge is 0.369 e. The van der Waals surface area contributed by atoms with Crippen LogP contribution in [-0.2, 0) is 36.9 Å². The van der Waals surface area contributed by atoms with Crippen LogP contribution in [-0.4, -0.2) is 188 Å². The van der Waals surface area contributed by atoms with Crippen molar-refractivity contribution in [2.45, 2.75) is 159 Å². The third kappa shape index (κ3) is 15.8. The summed E-state index contributed by atoms with van der Waals surface area (Å²) in [6, 6.07) is 10.1. The van der Waals surface area contributed by atoms with Gasteiger partial charge >= 0.3 is 0 Å². The van der Waals surface area contributed by atoms with E-state index in [1.165, 1.54) is 17.7 Å². The van der Waals surface area contributed by atoms with Crippen molar-refractivity contribution in [3.05, 3.63) is 77.1 Å². The third-order valence-corrected chi connectivity index (χ3v) is 19.9. The molecule has 10 rings (SSSR count). The Hall–Kier alpha value is -6.03. The van der Waals surface area contributed by atoms with Crippen LogP contribution in [0.4, 0.5) is 26.1 Å². The van der Waals surface area contributed by atoms with E-state index < -0.39 is 41.3 Å². The predicted octanol–water partition coefficient (Wildman–Crippen LogP) is 5.36. The number of aromatic nitrogens is 2. The zero-order valence-electron chi connectivity index (χ0n) is 51.0. The maximum atomic E-state index is 15.8. The van der Waals surface area contributed by atoms with Crippen molar-refractivity contribution in [3.8, 4) is 0 Å². The highest BCUT2D eigenvalue weighted by molar-refractivity contribution is 5.94. The molecule has 6 fully saturated rings. The smallest absolute Gasteiger partial charge is 0.246 e. The van der Waals surface area contributed by atoms with E-state index in [9.17, 15) is 24.0 Å². The summed E-state index contributed by atoms with van der Waals surface area (Å²) in [7, 11) is 3.84. The number of nitrogens with one attached hydrogen (secondary N) is 6. The molecule has 1 unspecified atom stereocenters. The number of carbonyl (C=O) groups excluding carboxylic acids is 5. The van der Waals surface area contributed by atoms with Gasteiger partial charge < -0.3 is 51.5 Å². The minimum atomic E-state index is -0.794. The van der Waals surface area contributed by atoms with Crippen molar-refractivity contribution in [2.75, 3.05) is 114 Å². The number of hydrogen-bond donors (Lipinski definition) is 6. The Balaban J connectivity index is 0.664. The molecule has 19 nitrogen and oxygen atoms in total. The molecule has 2 aliphatic carbocycles. The lowest BCUT2D eigenvalue weighted by Gasteiger charge is -2.48. The number of nitrogens with zero attached hydrogens (tertiary/aromatic N) is 8. The molecule has 3 aromatic rings. The van der Waals surface area contributed by atoms with Crippen molar-refractivity contribution in [1.82, 2.24) is 56.2 Å². The number of benzene rings is 2. The molecule has 464 valence electrons. The fraction of sp³-hybridized carbons (Fsp3) is 0.672. The highest BCUT2D eigenvalue weighted by atomic mass is 19.1. The Labute approximate surface area is 501 Å². The van der Waals surface area contributed by atoms with E-state index >= 15 is 8.78 Å². The lowest BCUT2D eigenvalue weighted by Crippen LogP contribution is -2.66. The van der Waals surface area contributed by atoms with Gasteiger partial charge in [0.15, 0.2) is 0 Å². The van der Waals surface area contributed by atoms with Crippen molar-refractivity contribution in [1.29, 1.82) is 0 Å². The first-order chi connectivity index (χ1) is 40.9. The van der Waals surface area contributed by atoms with Gasteiger partial charge in [-0.1, -0.05) is 57.4 Å². The number of aryl methyl sites for hydroxylation is 1. The number of rotatable bonds is 21. The second-order valence-corrected chi connectivity index (χ2v) is 26.7.